The molecule has 1 rings (SSSR count). The van der Waals surface area contributed by atoms with Crippen molar-refractivity contribution in [3.05, 3.63) is 23.8 Å². The minimum absolute atomic E-state index is 0.245. The van der Waals surface area contributed by atoms with Gasteiger partial charge in [-0.05, 0) is 12.0 Å². The van der Waals surface area contributed by atoms with E-state index in [-0.39, 0.29) is 5.92 Å². The van der Waals surface area contributed by atoms with Crippen molar-refractivity contribution in [2.75, 3.05) is 0 Å². The van der Waals surface area contributed by atoms with Gasteiger partial charge in [-0.15, -0.1) is 0 Å². The third-order valence-corrected chi connectivity index (χ3v) is 1.75. The summed E-state index contributed by atoms with van der Waals surface area (Å²) in [6.07, 6.45) is -1.25. The summed E-state index contributed by atoms with van der Waals surface area (Å²) in [6, 6.07) is 0. The number of nitrogens with zero attached hydrogens (tertiary/aromatic N) is 2. The quantitative estimate of drug-likeness (QED) is 0.727. The molecule has 0 saturated heterocycles. The second-order valence-electron chi connectivity index (χ2n) is 3.23. The smallest absolute Gasteiger partial charge is 0.303 e. The van der Waals surface area contributed by atoms with Gasteiger partial charge in [0.1, 0.15) is 6.29 Å². The molecule has 0 bridgehead atoms. The van der Waals surface area contributed by atoms with E-state index in [9.17, 15) is 18.0 Å². The Bertz CT molecular complexity index is 334. The Balaban J connectivity index is 2.77. The van der Waals surface area contributed by atoms with Gasteiger partial charge < -0.3 is 4.79 Å². The summed E-state index contributed by atoms with van der Waals surface area (Å²) >= 11 is 0. The van der Waals surface area contributed by atoms with E-state index in [4.69, 9.17) is 0 Å². The van der Waals surface area contributed by atoms with Crippen molar-refractivity contribution in [3.63, 3.8) is 0 Å². The van der Waals surface area contributed by atoms with Gasteiger partial charge in [0.05, 0.1) is 0 Å². The lowest BCUT2D eigenvalue weighted by Gasteiger charge is -2.06. The van der Waals surface area contributed by atoms with Crippen molar-refractivity contribution in [3.8, 4) is 0 Å². The lowest BCUT2D eigenvalue weighted by Crippen LogP contribution is -2.11. The zero-order valence-corrected chi connectivity index (χ0v) is 7.95. The van der Waals surface area contributed by atoms with E-state index >= 15 is 0 Å². The molecular weight excluding hydrogens is 209 g/mol. The van der Waals surface area contributed by atoms with Gasteiger partial charge in [0.2, 0.25) is 5.82 Å². The summed E-state index contributed by atoms with van der Waals surface area (Å²) in [5, 5.41) is 0. The molecular formula is C9H9F3N2O. The Morgan fingerprint density at radius 2 is 1.93 bits per heavy atom. The molecule has 0 fully saturated rings. The maximum atomic E-state index is 12.1. The third kappa shape index (κ3) is 3.30. The molecule has 1 heterocycles. The van der Waals surface area contributed by atoms with Gasteiger partial charge in [0.15, 0.2) is 0 Å². The number of halogens is 3. The van der Waals surface area contributed by atoms with Gasteiger partial charge in [0.25, 0.3) is 0 Å². The number of hydrogen-bond acceptors (Lipinski definition) is 3. The molecule has 0 amide bonds. The fraction of sp³-hybridized carbons (Fsp3) is 0.444. The first kappa shape index (κ1) is 11.6. The molecule has 0 aliphatic carbocycles. The highest BCUT2D eigenvalue weighted by Gasteiger charge is 2.34. The number of aromatic nitrogens is 2. The first-order valence-electron chi connectivity index (χ1n) is 4.27. The number of alkyl halides is 3. The molecule has 1 aromatic heterocycles. The highest BCUT2D eigenvalue weighted by Crippen LogP contribution is 2.25. The van der Waals surface area contributed by atoms with Crippen LogP contribution < -0.4 is 0 Å². The zero-order chi connectivity index (χ0) is 11.5. The van der Waals surface area contributed by atoms with Crippen molar-refractivity contribution < 1.29 is 18.0 Å². The lowest BCUT2D eigenvalue weighted by atomic mass is 10.1. The number of aldehydes is 1. The maximum Gasteiger partial charge on any atom is 0.451 e. The molecule has 0 N–H and O–H groups in total. The predicted molar refractivity (Wildman–Crippen MR) is 46.0 cm³/mol. The number of carbonyl (C=O) groups is 1. The van der Waals surface area contributed by atoms with Crippen molar-refractivity contribution in [2.24, 2.45) is 5.92 Å². The molecule has 1 atom stereocenters. The fourth-order valence-electron chi connectivity index (χ4n) is 1.03. The van der Waals surface area contributed by atoms with Gasteiger partial charge in [0, 0.05) is 18.3 Å². The normalized spacial score (nSPS) is 13.6. The molecule has 0 radical (unpaired) electrons. The Hall–Kier alpha value is -1.46. The molecule has 6 heteroatoms. The van der Waals surface area contributed by atoms with Gasteiger partial charge >= 0.3 is 6.18 Å². The monoisotopic (exact) mass is 218 g/mol. The summed E-state index contributed by atoms with van der Waals surface area (Å²) in [7, 11) is 0. The van der Waals surface area contributed by atoms with Crippen LogP contribution in [-0.2, 0) is 17.4 Å². The van der Waals surface area contributed by atoms with Crippen LogP contribution >= 0.6 is 0 Å². The van der Waals surface area contributed by atoms with E-state index in [0.29, 0.717) is 12.0 Å². The van der Waals surface area contributed by atoms with Gasteiger partial charge in [-0.1, -0.05) is 6.92 Å². The molecule has 15 heavy (non-hydrogen) atoms. The zero-order valence-electron chi connectivity index (χ0n) is 7.95. The standard InChI is InChI=1S/C9H9F3N2O/c1-6(5-15)2-7-3-13-8(14-4-7)9(10,11)12/h3-6H,2H2,1H3. The van der Waals surface area contributed by atoms with Crippen LogP contribution in [0.4, 0.5) is 13.2 Å². The van der Waals surface area contributed by atoms with Crippen LogP contribution in [0, 0.1) is 5.92 Å². The van der Waals surface area contributed by atoms with Gasteiger partial charge in [-0.2, -0.15) is 13.2 Å². The highest BCUT2D eigenvalue weighted by molar-refractivity contribution is 5.53. The molecule has 0 aromatic carbocycles. The van der Waals surface area contributed by atoms with Gasteiger partial charge in [-0.3, -0.25) is 0 Å². The SMILES string of the molecule is CC(C=O)Cc1cnc(C(F)(F)F)nc1. The van der Waals surface area contributed by atoms with Crippen LogP contribution in [0.1, 0.15) is 18.3 Å². The van der Waals surface area contributed by atoms with E-state index in [0.717, 1.165) is 18.7 Å². The lowest BCUT2D eigenvalue weighted by molar-refractivity contribution is -0.145. The summed E-state index contributed by atoms with van der Waals surface area (Å²) in [6.45, 7) is 1.67. The Kier molecular flexibility index (Phi) is 3.39. The molecule has 1 unspecified atom stereocenters. The summed E-state index contributed by atoms with van der Waals surface area (Å²) in [5.74, 6) is -1.41. The summed E-state index contributed by atoms with van der Waals surface area (Å²) in [4.78, 5) is 16.7. The van der Waals surface area contributed by atoms with E-state index in [1.165, 1.54) is 0 Å². The first-order valence-corrected chi connectivity index (χ1v) is 4.27. The molecule has 3 nitrogen and oxygen atoms in total. The van der Waals surface area contributed by atoms with Crippen LogP contribution in [0.2, 0.25) is 0 Å². The molecule has 1 aromatic rings. The summed E-state index contributed by atoms with van der Waals surface area (Å²) in [5.41, 5.74) is 0.516. The third-order valence-electron chi connectivity index (χ3n) is 1.75. The maximum absolute atomic E-state index is 12.1. The molecule has 0 spiro atoms. The van der Waals surface area contributed by atoms with Crippen LogP contribution in [0.15, 0.2) is 12.4 Å². The second kappa shape index (κ2) is 4.37. The highest BCUT2D eigenvalue weighted by atomic mass is 19.4. The van der Waals surface area contributed by atoms with Crippen LogP contribution in [0.5, 0.6) is 0 Å². The number of hydrogen-bond donors (Lipinski definition) is 0. The Morgan fingerprint density at radius 1 is 1.40 bits per heavy atom. The van der Waals surface area contributed by atoms with E-state index in [1.807, 2.05) is 0 Å². The van der Waals surface area contributed by atoms with Crippen LogP contribution in [0.25, 0.3) is 0 Å². The average molecular weight is 218 g/mol. The number of carbonyl (C=O) groups excluding carboxylic acids is 1. The van der Waals surface area contributed by atoms with Crippen molar-refractivity contribution in [1.29, 1.82) is 0 Å². The Morgan fingerprint density at radius 3 is 2.33 bits per heavy atom. The minimum Gasteiger partial charge on any atom is -0.303 e. The topological polar surface area (TPSA) is 42.9 Å². The van der Waals surface area contributed by atoms with E-state index in [2.05, 4.69) is 9.97 Å². The van der Waals surface area contributed by atoms with Crippen molar-refractivity contribution in [2.45, 2.75) is 19.5 Å². The predicted octanol–water partition coefficient (Wildman–Crippen LogP) is 1.87. The fourth-order valence-corrected chi connectivity index (χ4v) is 1.03. The van der Waals surface area contributed by atoms with Crippen LogP contribution in [-0.4, -0.2) is 16.3 Å². The minimum atomic E-state index is -4.52. The second-order valence-corrected chi connectivity index (χ2v) is 3.23. The van der Waals surface area contributed by atoms with Gasteiger partial charge in [-0.25, -0.2) is 9.97 Å². The van der Waals surface area contributed by atoms with Crippen molar-refractivity contribution >= 4 is 6.29 Å². The largest absolute Gasteiger partial charge is 0.451 e. The molecule has 0 saturated carbocycles. The van der Waals surface area contributed by atoms with Crippen molar-refractivity contribution in [1.82, 2.24) is 9.97 Å². The first-order chi connectivity index (χ1) is 6.93. The molecule has 0 aliphatic heterocycles. The van der Waals surface area contributed by atoms with E-state index < -0.39 is 12.0 Å². The van der Waals surface area contributed by atoms with E-state index in [1.54, 1.807) is 6.92 Å². The summed E-state index contributed by atoms with van der Waals surface area (Å²) < 4.78 is 36.2. The Labute approximate surface area is 84.4 Å². The molecule has 0 aliphatic rings. The van der Waals surface area contributed by atoms with Crippen LogP contribution in [0.3, 0.4) is 0 Å². The number of rotatable bonds is 3. The molecule has 82 valence electrons. The average Bonchev–Trinajstić information content (AvgIpc) is 2.17.